The molecule has 0 atom stereocenters. The number of benzene rings is 2. The molecule has 2 aromatic carbocycles. The van der Waals surface area contributed by atoms with Gasteiger partial charge in [0.15, 0.2) is 0 Å². The van der Waals surface area contributed by atoms with Crippen LogP contribution in [-0.2, 0) is 0 Å². The Bertz CT molecular complexity index is 1190. The number of fused-ring (bicyclic) bond motifs is 3. The molecule has 0 N–H and O–H groups in total. The summed E-state index contributed by atoms with van der Waals surface area (Å²) in [6.07, 6.45) is 3.70. The zero-order chi connectivity index (χ0) is 21.7. The van der Waals surface area contributed by atoms with Crippen molar-refractivity contribution in [1.29, 1.82) is 0 Å². The van der Waals surface area contributed by atoms with Crippen LogP contribution in [-0.4, -0.2) is 29.8 Å². The molecule has 2 aromatic rings. The van der Waals surface area contributed by atoms with E-state index in [9.17, 15) is 9.59 Å². The topological polar surface area (TPSA) is 40.6 Å². The summed E-state index contributed by atoms with van der Waals surface area (Å²) in [6.45, 7) is 5.34. The smallest absolute Gasteiger partial charge is 0.261 e. The number of halogens is 1. The molecule has 0 bridgehead atoms. The first-order valence-electron chi connectivity index (χ1n) is 10.6. The summed E-state index contributed by atoms with van der Waals surface area (Å²) in [7, 11) is 0. The van der Waals surface area contributed by atoms with Crippen LogP contribution < -0.4 is 4.90 Å². The van der Waals surface area contributed by atoms with Crippen LogP contribution in [0.3, 0.4) is 0 Å². The molecule has 2 amide bonds. The van der Waals surface area contributed by atoms with Gasteiger partial charge in [-0.2, -0.15) is 0 Å². The third-order valence-electron chi connectivity index (χ3n) is 6.45. The van der Waals surface area contributed by atoms with Gasteiger partial charge in [-0.1, -0.05) is 48.0 Å². The van der Waals surface area contributed by atoms with Crippen LogP contribution in [0.5, 0.6) is 0 Å². The number of anilines is 1. The Morgan fingerprint density at radius 1 is 0.839 bits per heavy atom. The van der Waals surface area contributed by atoms with Gasteiger partial charge in [-0.25, -0.2) is 0 Å². The fourth-order valence-electron chi connectivity index (χ4n) is 4.72. The molecule has 5 heteroatoms. The van der Waals surface area contributed by atoms with Crippen molar-refractivity contribution in [2.75, 3.05) is 18.0 Å². The van der Waals surface area contributed by atoms with E-state index in [-0.39, 0.29) is 11.8 Å². The summed E-state index contributed by atoms with van der Waals surface area (Å²) in [6, 6.07) is 15.2. The summed E-state index contributed by atoms with van der Waals surface area (Å²) in [5, 5.41) is 0.810. The first-order chi connectivity index (χ1) is 15.0. The summed E-state index contributed by atoms with van der Waals surface area (Å²) in [5.41, 5.74) is 7.88. The van der Waals surface area contributed by atoms with Crippen LogP contribution in [0.15, 0.2) is 77.0 Å². The van der Waals surface area contributed by atoms with E-state index in [1.54, 1.807) is 24.3 Å². The maximum absolute atomic E-state index is 12.7. The highest BCUT2D eigenvalue weighted by atomic mass is 35.5. The van der Waals surface area contributed by atoms with E-state index in [0.29, 0.717) is 30.6 Å². The lowest BCUT2D eigenvalue weighted by atomic mass is 9.87. The highest BCUT2D eigenvalue weighted by molar-refractivity contribution is 6.50. The number of allylic oxidation sites excluding steroid dienone is 4. The molecular formula is C26H23ClN2O2. The molecular weight excluding hydrogens is 408 g/mol. The molecule has 31 heavy (non-hydrogen) atoms. The van der Waals surface area contributed by atoms with E-state index in [1.165, 1.54) is 16.0 Å². The van der Waals surface area contributed by atoms with Crippen molar-refractivity contribution in [3.8, 4) is 0 Å². The number of rotatable bonds is 4. The number of amides is 2. The maximum atomic E-state index is 12.7. The molecule has 0 aromatic heterocycles. The van der Waals surface area contributed by atoms with Crippen molar-refractivity contribution in [2.24, 2.45) is 0 Å². The van der Waals surface area contributed by atoms with E-state index in [2.05, 4.69) is 37.0 Å². The number of hydrogen-bond acceptors (Lipinski definition) is 3. The minimum Gasteiger partial charge on any atom is -0.340 e. The molecule has 5 rings (SSSR count). The number of hydrogen-bond donors (Lipinski definition) is 0. The van der Waals surface area contributed by atoms with Gasteiger partial charge in [-0.3, -0.25) is 14.5 Å². The van der Waals surface area contributed by atoms with Crippen molar-refractivity contribution >= 4 is 34.1 Å². The van der Waals surface area contributed by atoms with Gasteiger partial charge in [0.05, 0.1) is 16.2 Å². The minimum atomic E-state index is -0.199. The van der Waals surface area contributed by atoms with Crippen molar-refractivity contribution in [1.82, 2.24) is 4.90 Å². The number of imide groups is 1. The Labute approximate surface area is 187 Å². The van der Waals surface area contributed by atoms with Crippen LogP contribution in [0.2, 0.25) is 0 Å². The molecule has 2 heterocycles. The fourth-order valence-corrected chi connectivity index (χ4v) is 5.04. The van der Waals surface area contributed by atoms with Crippen LogP contribution in [0.4, 0.5) is 5.69 Å². The number of carbonyl (C=O) groups is 2. The van der Waals surface area contributed by atoms with Crippen LogP contribution in [0.25, 0.3) is 5.03 Å². The second-order valence-electron chi connectivity index (χ2n) is 8.19. The summed E-state index contributed by atoms with van der Waals surface area (Å²) in [5.74, 6) is -0.398. The molecule has 2 aliphatic heterocycles. The van der Waals surface area contributed by atoms with Gasteiger partial charge < -0.3 is 4.90 Å². The first kappa shape index (κ1) is 19.8. The SMILES string of the molecule is CC1=CCC2=C(Cl)c3ccccc3N(CCCN3C(=O)c4ccccc4C3=O)C2=C1C. The lowest BCUT2D eigenvalue weighted by Crippen LogP contribution is -2.35. The standard InChI is InChI=1S/C26H23ClN2O2/c1-16-12-13-21-23(27)20-10-5-6-11-22(20)28(24(21)17(16)2)14-7-15-29-25(30)18-8-3-4-9-19(18)26(29)31/h3-6,8-12H,7,13-15H2,1-2H3. The predicted molar refractivity (Wildman–Crippen MR) is 124 cm³/mol. The van der Waals surface area contributed by atoms with Gasteiger partial charge in [-0.05, 0) is 61.6 Å². The monoisotopic (exact) mass is 430 g/mol. The Hall–Kier alpha value is -3.11. The predicted octanol–water partition coefficient (Wildman–Crippen LogP) is 5.77. The average molecular weight is 431 g/mol. The average Bonchev–Trinajstić information content (AvgIpc) is 3.03. The Morgan fingerprint density at radius 3 is 2.10 bits per heavy atom. The number of nitrogens with zero attached hydrogens (tertiary/aromatic N) is 2. The summed E-state index contributed by atoms with van der Waals surface area (Å²) >= 11 is 6.82. The van der Waals surface area contributed by atoms with Gasteiger partial charge in [0.2, 0.25) is 0 Å². The molecule has 4 nitrogen and oxygen atoms in total. The number of para-hydroxylation sites is 1. The van der Waals surface area contributed by atoms with Gasteiger partial charge in [0, 0.05) is 30.0 Å². The quantitative estimate of drug-likeness (QED) is 0.578. The maximum Gasteiger partial charge on any atom is 0.261 e. The highest BCUT2D eigenvalue weighted by Gasteiger charge is 2.35. The van der Waals surface area contributed by atoms with Gasteiger partial charge in [-0.15, -0.1) is 0 Å². The van der Waals surface area contributed by atoms with E-state index >= 15 is 0 Å². The zero-order valence-electron chi connectivity index (χ0n) is 17.6. The lowest BCUT2D eigenvalue weighted by molar-refractivity contribution is 0.0653. The molecule has 156 valence electrons. The molecule has 0 saturated heterocycles. The van der Waals surface area contributed by atoms with Gasteiger partial charge in [0.1, 0.15) is 0 Å². The number of carbonyl (C=O) groups excluding carboxylic acids is 2. The van der Waals surface area contributed by atoms with Crippen LogP contribution >= 0.6 is 11.6 Å². The third-order valence-corrected chi connectivity index (χ3v) is 6.88. The van der Waals surface area contributed by atoms with E-state index < -0.39 is 0 Å². The van der Waals surface area contributed by atoms with E-state index in [4.69, 9.17) is 11.6 Å². The Kier molecular flexibility index (Phi) is 4.82. The normalized spacial score (nSPS) is 17.7. The molecule has 0 unspecified atom stereocenters. The molecule has 0 fully saturated rings. The Balaban J connectivity index is 1.43. The molecule has 3 aliphatic rings. The van der Waals surface area contributed by atoms with Crippen molar-refractivity contribution in [3.05, 3.63) is 93.7 Å². The second kappa shape index (κ2) is 7.54. The summed E-state index contributed by atoms with van der Waals surface area (Å²) in [4.78, 5) is 29.1. The first-order valence-corrected chi connectivity index (χ1v) is 11.0. The molecule has 0 saturated carbocycles. The molecule has 0 radical (unpaired) electrons. The fraction of sp³-hybridized carbons (Fsp3) is 0.231. The van der Waals surface area contributed by atoms with Gasteiger partial charge in [0.25, 0.3) is 11.8 Å². The molecule has 1 aliphatic carbocycles. The highest BCUT2D eigenvalue weighted by Crippen LogP contribution is 2.46. The van der Waals surface area contributed by atoms with Crippen molar-refractivity contribution in [3.63, 3.8) is 0 Å². The third kappa shape index (κ3) is 3.05. The largest absolute Gasteiger partial charge is 0.340 e. The van der Waals surface area contributed by atoms with E-state index in [1.807, 2.05) is 12.1 Å². The van der Waals surface area contributed by atoms with Crippen molar-refractivity contribution in [2.45, 2.75) is 26.7 Å². The van der Waals surface area contributed by atoms with Crippen molar-refractivity contribution < 1.29 is 9.59 Å². The van der Waals surface area contributed by atoms with E-state index in [0.717, 1.165) is 34.0 Å². The minimum absolute atomic E-state index is 0.199. The zero-order valence-corrected chi connectivity index (χ0v) is 18.4. The van der Waals surface area contributed by atoms with Gasteiger partial charge >= 0.3 is 0 Å². The lowest BCUT2D eigenvalue weighted by Gasteiger charge is -2.38. The second-order valence-corrected chi connectivity index (χ2v) is 8.57. The summed E-state index contributed by atoms with van der Waals surface area (Å²) < 4.78 is 0. The van der Waals surface area contributed by atoms with Crippen LogP contribution in [0, 0.1) is 0 Å². The van der Waals surface area contributed by atoms with Crippen LogP contribution in [0.1, 0.15) is 53.0 Å². The molecule has 0 spiro atoms. The Morgan fingerprint density at radius 2 is 1.42 bits per heavy atom.